The Hall–Kier alpha value is -2.51. The number of para-hydroxylation sites is 1. The van der Waals surface area contributed by atoms with Crippen molar-refractivity contribution in [3.05, 3.63) is 72.8 Å². The lowest BCUT2D eigenvalue weighted by atomic mass is 9.96. The molecule has 0 radical (unpaired) electrons. The maximum Gasteiger partial charge on any atom is 0.243 e. The van der Waals surface area contributed by atoms with Gasteiger partial charge in [0.25, 0.3) is 0 Å². The summed E-state index contributed by atoms with van der Waals surface area (Å²) >= 11 is 0. The molecule has 2 aromatic carbocycles. The Morgan fingerprint density at radius 3 is 2.44 bits per heavy atom. The fourth-order valence-electron chi connectivity index (χ4n) is 3.61. The van der Waals surface area contributed by atoms with Crippen molar-refractivity contribution < 1.29 is 8.42 Å². The van der Waals surface area contributed by atoms with Gasteiger partial charge in [0.05, 0.1) is 4.90 Å². The molecule has 0 bridgehead atoms. The van der Waals surface area contributed by atoms with Crippen LogP contribution in [0, 0.1) is 5.92 Å². The molecule has 1 saturated heterocycles. The Morgan fingerprint density at radius 1 is 1.00 bits per heavy atom. The molecule has 1 aliphatic heterocycles. The summed E-state index contributed by atoms with van der Waals surface area (Å²) in [5.41, 5.74) is 1.02. The molecule has 0 N–H and O–H groups in total. The zero-order valence-electron chi connectivity index (χ0n) is 15.0. The summed E-state index contributed by atoms with van der Waals surface area (Å²) in [6.07, 6.45) is 4.26. The van der Waals surface area contributed by atoms with Crippen LogP contribution in [0.4, 0.5) is 0 Å². The Morgan fingerprint density at radius 2 is 1.70 bits per heavy atom. The number of hydrogen-bond donors (Lipinski definition) is 0. The van der Waals surface area contributed by atoms with Crippen molar-refractivity contribution in [2.24, 2.45) is 5.92 Å². The van der Waals surface area contributed by atoms with Crippen LogP contribution in [0.25, 0.3) is 5.69 Å². The fraction of sp³-hybridized carbons (Fsp3) is 0.300. The van der Waals surface area contributed by atoms with Crippen LogP contribution < -0.4 is 0 Å². The van der Waals surface area contributed by atoms with E-state index >= 15 is 0 Å². The minimum atomic E-state index is -3.45. The monoisotopic (exact) mass is 382 g/mol. The summed E-state index contributed by atoms with van der Waals surface area (Å²) in [5.74, 6) is 1.09. The molecule has 1 fully saturated rings. The molecule has 6 nitrogen and oxygen atoms in total. The van der Waals surface area contributed by atoms with Gasteiger partial charge in [-0.25, -0.2) is 8.42 Å². The largest absolute Gasteiger partial charge is 0.286 e. The maximum absolute atomic E-state index is 12.9. The van der Waals surface area contributed by atoms with E-state index in [1.165, 1.54) is 0 Å². The number of aromatic nitrogens is 3. The average Bonchev–Trinajstić information content (AvgIpc) is 3.17. The zero-order chi connectivity index (χ0) is 18.7. The van der Waals surface area contributed by atoms with Gasteiger partial charge in [-0.3, -0.25) is 4.57 Å². The fourth-order valence-corrected chi connectivity index (χ4v) is 5.19. The lowest BCUT2D eigenvalue weighted by Gasteiger charge is -2.31. The first-order chi connectivity index (χ1) is 13.1. The highest BCUT2D eigenvalue weighted by molar-refractivity contribution is 7.89. The van der Waals surface area contributed by atoms with Gasteiger partial charge in [0, 0.05) is 25.2 Å². The molecule has 3 aromatic rings. The first-order valence-corrected chi connectivity index (χ1v) is 10.6. The van der Waals surface area contributed by atoms with Gasteiger partial charge < -0.3 is 0 Å². The van der Waals surface area contributed by atoms with Gasteiger partial charge in [0.15, 0.2) is 0 Å². The molecule has 2 heterocycles. The Kier molecular flexibility index (Phi) is 5.05. The molecule has 1 unspecified atom stereocenters. The van der Waals surface area contributed by atoms with Crippen molar-refractivity contribution in [1.82, 2.24) is 19.1 Å². The van der Waals surface area contributed by atoms with Crippen LogP contribution in [0.15, 0.2) is 71.9 Å². The normalized spacial score (nSPS) is 18.4. The van der Waals surface area contributed by atoms with Crippen LogP contribution in [0.5, 0.6) is 0 Å². The molecule has 1 aliphatic rings. The van der Waals surface area contributed by atoms with Crippen LogP contribution in [0.1, 0.15) is 18.7 Å². The number of rotatable bonds is 5. The van der Waals surface area contributed by atoms with E-state index in [1.54, 1.807) is 34.9 Å². The zero-order valence-corrected chi connectivity index (χ0v) is 15.8. The SMILES string of the molecule is O=S(=O)(c1ccccc1)N1CCCC(Cc2nncn2-c2ccccc2)C1. The highest BCUT2D eigenvalue weighted by atomic mass is 32.2. The van der Waals surface area contributed by atoms with Gasteiger partial charge in [0.2, 0.25) is 10.0 Å². The van der Waals surface area contributed by atoms with Crippen molar-refractivity contribution >= 4 is 10.0 Å². The summed E-state index contributed by atoms with van der Waals surface area (Å²) in [7, 11) is -3.45. The van der Waals surface area contributed by atoms with Gasteiger partial charge in [-0.1, -0.05) is 36.4 Å². The van der Waals surface area contributed by atoms with E-state index in [1.807, 2.05) is 41.0 Å². The van der Waals surface area contributed by atoms with E-state index in [4.69, 9.17) is 0 Å². The molecule has 0 saturated carbocycles. The van der Waals surface area contributed by atoms with Crippen LogP contribution in [-0.4, -0.2) is 40.6 Å². The molecule has 140 valence electrons. The molecule has 0 aliphatic carbocycles. The third kappa shape index (κ3) is 3.79. The molecule has 7 heteroatoms. The van der Waals surface area contributed by atoms with Crippen molar-refractivity contribution in [3.63, 3.8) is 0 Å². The second-order valence-corrected chi connectivity index (χ2v) is 8.78. The quantitative estimate of drug-likeness (QED) is 0.680. The topological polar surface area (TPSA) is 68.1 Å². The Labute approximate surface area is 159 Å². The second kappa shape index (κ2) is 7.62. The van der Waals surface area contributed by atoms with Gasteiger partial charge in [-0.05, 0) is 43.0 Å². The van der Waals surface area contributed by atoms with Crippen LogP contribution in [0.3, 0.4) is 0 Å². The van der Waals surface area contributed by atoms with E-state index in [-0.39, 0.29) is 5.92 Å². The molecular weight excluding hydrogens is 360 g/mol. The number of piperidine rings is 1. The summed E-state index contributed by atoms with van der Waals surface area (Å²) in [6, 6.07) is 18.6. The first kappa shape index (κ1) is 17.9. The predicted molar refractivity (Wildman–Crippen MR) is 103 cm³/mol. The molecule has 1 atom stereocenters. The summed E-state index contributed by atoms with van der Waals surface area (Å²) < 4.78 is 29.4. The van der Waals surface area contributed by atoms with Crippen LogP contribution in [0.2, 0.25) is 0 Å². The number of benzene rings is 2. The van der Waals surface area contributed by atoms with Gasteiger partial charge in [-0.15, -0.1) is 10.2 Å². The van der Waals surface area contributed by atoms with E-state index in [2.05, 4.69) is 10.2 Å². The van der Waals surface area contributed by atoms with Crippen LogP contribution >= 0.6 is 0 Å². The molecule has 0 spiro atoms. The van der Waals surface area contributed by atoms with Crippen molar-refractivity contribution in [2.45, 2.75) is 24.2 Å². The third-order valence-electron chi connectivity index (χ3n) is 4.99. The van der Waals surface area contributed by atoms with E-state index in [0.29, 0.717) is 24.4 Å². The molecule has 4 rings (SSSR count). The smallest absolute Gasteiger partial charge is 0.243 e. The summed E-state index contributed by atoms with van der Waals surface area (Å²) in [5, 5.41) is 8.34. The van der Waals surface area contributed by atoms with E-state index in [0.717, 1.165) is 24.4 Å². The number of nitrogens with zero attached hydrogens (tertiary/aromatic N) is 4. The van der Waals surface area contributed by atoms with Crippen molar-refractivity contribution in [3.8, 4) is 5.69 Å². The Bertz CT molecular complexity index is 987. The van der Waals surface area contributed by atoms with Crippen LogP contribution in [-0.2, 0) is 16.4 Å². The lowest BCUT2D eigenvalue weighted by Crippen LogP contribution is -2.40. The third-order valence-corrected chi connectivity index (χ3v) is 6.87. The average molecular weight is 382 g/mol. The Balaban J connectivity index is 1.51. The van der Waals surface area contributed by atoms with Gasteiger partial charge in [-0.2, -0.15) is 4.31 Å². The maximum atomic E-state index is 12.9. The summed E-state index contributed by atoms with van der Waals surface area (Å²) in [4.78, 5) is 0.359. The number of sulfonamides is 1. The van der Waals surface area contributed by atoms with Gasteiger partial charge >= 0.3 is 0 Å². The number of hydrogen-bond acceptors (Lipinski definition) is 4. The minimum absolute atomic E-state index is 0.226. The lowest BCUT2D eigenvalue weighted by molar-refractivity contribution is 0.262. The van der Waals surface area contributed by atoms with E-state index in [9.17, 15) is 8.42 Å². The second-order valence-electron chi connectivity index (χ2n) is 6.84. The molecule has 0 amide bonds. The highest BCUT2D eigenvalue weighted by Crippen LogP contribution is 2.26. The molecule has 1 aromatic heterocycles. The van der Waals surface area contributed by atoms with Gasteiger partial charge in [0.1, 0.15) is 12.2 Å². The van der Waals surface area contributed by atoms with E-state index < -0.39 is 10.0 Å². The predicted octanol–water partition coefficient (Wildman–Crippen LogP) is 2.91. The minimum Gasteiger partial charge on any atom is -0.286 e. The molecule has 27 heavy (non-hydrogen) atoms. The van der Waals surface area contributed by atoms with Crippen molar-refractivity contribution in [1.29, 1.82) is 0 Å². The first-order valence-electron chi connectivity index (χ1n) is 9.14. The highest BCUT2D eigenvalue weighted by Gasteiger charge is 2.30. The molecular formula is C20H22N4O2S. The van der Waals surface area contributed by atoms with Crippen molar-refractivity contribution in [2.75, 3.05) is 13.1 Å². The standard InChI is InChI=1S/C20H22N4O2S/c25-27(26,19-11-5-2-6-12-19)23-13-7-8-17(15-23)14-20-22-21-16-24(20)18-9-3-1-4-10-18/h1-6,9-12,16-17H,7-8,13-15H2. The summed E-state index contributed by atoms with van der Waals surface area (Å²) in [6.45, 7) is 1.08.